The van der Waals surface area contributed by atoms with Crippen molar-refractivity contribution in [3.8, 4) is 0 Å². The van der Waals surface area contributed by atoms with E-state index in [0.29, 0.717) is 19.3 Å². The first kappa shape index (κ1) is 76.6. The normalized spacial score (nSPS) is 12.6. The second-order valence-corrected chi connectivity index (χ2v) is 23.1. The third-order valence-corrected chi connectivity index (χ3v) is 15.1. The molecule has 0 spiro atoms. The Morgan fingerprint density at radius 1 is 0.263 bits per heavy atom. The number of allylic oxidation sites excluding steroid dienone is 14. The van der Waals surface area contributed by atoms with E-state index in [9.17, 15) is 14.4 Å². The molecule has 0 bridgehead atoms. The number of carbonyl (C=O) groups is 3. The average Bonchev–Trinajstić information content (AvgIpc) is 3.46. The van der Waals surface area contributed by atoms with Gasteiger partial charge in [-0.2, -0.15) is 0 Å². The van der Waals surface area contributed by atoms with Gasteiger partial charge in [0.1, 0.15) is 13.2 Å². The Balaban J connectivity index is 4.28. The summed E-state index contributed by atoms with van der Waals surface area (Å²) in [6.07, 6.45) is 90.3. The van der Waals surface area contributed by atoms with Crippen LogP contribution in [0.2, 0.25) is 0 Å². The molecule has 0 aromatic carbocycles. The number of esters is 3. The van der Waals surface area contributed by atoms with Crippen LogP contribution in [0.4, 0.5) is 0 Å². The second-order valence-electron chi connectivity index (χ2n) is 23.1. The number of rotatable bonds is 63. The highest BCUT2D eigenvalue weighted by atomic mass is 16.6. The lowest BCUT2D eigenvalue weighted by atomic mass is 10.0. The average molecular weight is 1120 g/mol. The molecular formula is C74H130O6. The van der Waals surface area contributed by atoms with E-state index in [1.54, 1.807) is 0 Å². The van der Waals surface area contributed by atoms with E-state index in [1.165, 1.54) is 205 Å². The van der Waals surface area contributed by atoms with Gasteiger partial charge in [-0.05, 0) is 116 Å². The van der Waals surface area contributed by atoms with Gasteiger partial charge in [0, 0.05) is 19.3 Å². The first-order valence-corrected chi connectivity index (χ1v) is 34.6. The quantitative estimate of drug-likeness (QED) is 0.0261. The van der Waals surface area contributed by atoms with Crippen molar-refractivity contribution in [3.63, 3.8) is 0 Å². The molecule has 0 aliphatic heterocycles. The number of hydrogen-bond donors (Lipinski definition) is 0. The Kier molecular flexibility index (Phi) is 65.2. The van der Waals surface area contributed by atoms with E-state index in [0.717, 1.165) is 103 Å². The van der Waals surface area contributed by atoms with Crippen LogP contribution in [0.3, 0.4) is 0 Å². The summed E-state index contributed by atoms with van der Waals surface area (Å²) in [5, 5.41) is 0. The van der Waals surface area contributed by atoms with Gasteiger partial charge in [0.25, 0.3) is 0 Å². The topological polar surface area (TPSA) is 78.9 Å². The first-order chi connectivity index (χ1) is 39.5. The Hall–Kier alpha value is -3.41. The van der Waals surface area contributed by atoms with Crippen LogP contribution in [0.25, 0.3) is 0 Å². The maximum atomic E-state index is 12.9. The zero-order valence-electron chi connectivity index (χ0n) is 53.1. The largest absolute Gasteiger partial charge is 0.462 e. The Labute approximate surface area is 496 Å². The van der Waals surface area contributed by atoms with Gasteiger partial charge in [0.05, 0.1) is 0 Å². The number of unbranched alkanes of at least 4 members (excludes halogenated alkanes) is 38. The molecule has 0 radical (unpaired) electrons. The first-order valence-electron chi connectivity index (χ1n) is 34.6. The zero-order valence-corrected chi connectivity index (χ0v) is 53.1. The molecule has 0 aromatic rings. The monoisotopic (exact) mass is 1110 g/mol. The molecule has 0 aliphatic rings. The fraction of sp³-hybridized carbons (Fsp3) is 0.770. The van der Waals surface area contributed by atoms with Crippen molar-refractivity contribution in [2.24, 2.45) is 0 Å². The molecule has 0 rings (SSSR count). The predicted molar refractivity (Wildman–Crippen MR) is 348 cm³/mol. The number of ether oxygens (including phenoxy) is 3. The lowest BCUT2D eigenvalue weighted by Gasteiger charge is -2.18. The van der Waals surface area contributed by atoms with Crippen molar-refractivity contribution in [2.75, 3.05) is 13.2 Å². The van der Waals surface area contributed by atoms with Gasteiger partial charge in [-0.1, -0.05) is 298 Å². The van der Waals surface area contributed by atoms with Crippen LogP contribution in [0.1, 0.15) is 348 Å². The summed E-state index contributed by atoms with van der Waals surface area (Å²) in [6, 6.07) is 0. The van der Waals surface area contributed by atoms with Gasteiger partial charge in [0.15, 0.2) is 6.10 Å². The van der Waals surface area contributed by atoms with Gasteiger partial charge >= 0.3 is 17.9 Å². The Morgan fingerprint density at radius 2 is 0.487 bits per heavy atom. The predicted octanol–water partition coefficient (Wildman–Crippen LogP) is 23.8. The smallest absolute Gasteiger partial charge is 0.306 e. The molecule has 0 saturated heterocycles. The van der Waals surface area contributed by atoms with E-state index >= 15 is 0 Å². The SMILES string of the molecule is CC/C=C\C/C=C\C/C=C\CCCCCCCCCC(=O)OC(COC(=O)CCCCCCC/C=C\CCCCCCCCC)COC(=O)CCCCCCCCCCCCCCCC/C=C\C/C=C\C/C=C\CCCCCCC. The fourth-order valence-electron chi connectivity index (χ4n) is 9.93. The fourth-order valence-corrected chi connectivity index (χ4v) is 9.93. The van der Waals surface area contributed by atoms with Crippen molar-refractivity contribution in [2.45, 2.75) is 354 Å². The van der Waals surface area contributed by atoms with Crippen molar-refractivity contribution < 1.29 is 28.6 Å². The Bertz CT molecular complexity index is 1520. The molecule has 0 saturated carbocycles. The maximum absolute atomic E-state index is 12.9. The third-order valence-electron chi connectivity index (χ3n) is 15.1. The van der Waals surface area contributed by atoms with E-state index < -0.39 is 6.10 Å². The molecule has 0 heterocycles. The second kappa shape index (κ2) is 68.1. The summed E-state index contributed by atoms with van der Waals surface area (Å²) in [6.45, 7) is 6.54. The lowest BCUT2D eigenvalue weighted by Crippen LogP contribution is -2.30. The summed E-state index contributed by atoms with van der Waals surface area (Å²) in [4.78, 5) is 38.4. The number of carbonyl (C=O) groups excluding carboxylic acids is 3. The number of hydrogen-bond acceptors (Lipinski definition) is 6. The zero-order chi connectivity index (χ0) is 57.8. The maximum Gasteiger partial charge on any atom is 0.306 e. The molecule has 6 nitrogen and oxygen atoms in total. The standard InChI is InChI=1S/C74H130O6/c1-4-7-10-13-16-19-22-25-28-31-32-33-34-35-36-37-38-39-40-41-42-44-46-49-52-55-58-61-64-67-73(76)79-70-71(69-78-72(75)66-63-60-57-54-51-48-45-30-27-24-21-18-15-12-9-6-3)80-74(77)68-65-62-59-56-53-50-47-43-29-26-23-20-17-14-11-8-5-2/h8,11,17,20,22,25-26,29-32,34-35,45,71H,4-7,9-10,12-16,18-19,21,23-24,27-28,33,36-44,46-70H2,1-3H3/b11-8-,20-17-,25-22-,29-26-,32-31-,35-34-,45-30-. The van der Waals surface area contributed by atoms with Crippen molar-refractivity contribution in [1.82, 2.24) is 0 Å². The van der Waals surface area contributed by atoms with Crippen LogP contribution in [0, 0.1) is 0 Å². The Morgan fingerprint density at radius 3 is 0.775 bits per heavy atom. The summed E-state index contributed by atoms with van der Waals surface area (Å²) >= 11 is 0. The molecule has 1 atom stereocenters. The molecule has 0 aliphatic carbocycles. The van der Waals surface area contributed by atoms with Gasteiger partial charge in [-0.25, -0.2) is 0 Å². The van der Waals surface area contributed by atoms with E-state index in [2.05, 4.69) is 106 Å². The van der Waals surface area contributed by atoms with Crippen molar-refractivity contribution in [1.29, 1.82) is 0 Å². The molecule has 0 N–H and O–H groups in total. The van der Waals surface area contributed by atoms with Crippen LogP contribution in [-0.2, 0) is 28.6 Å². The molecule has 80 heavy (non-hydrogen) atoms. The molecule has 6 heteroatoms. The van der Waals surface area contributed by atoms with Gasteiger partial charge in [-0.3, -0.25) is 14.4 Å². The highest BCUT2D eigenvalue weighted by molar-refractivity contribution is 5.71. The van der Waals surface area contributed by atoms with Crippen LogP contribution in [-0.4, -0.2) is 37.2 Å². The molecule has 0 aromatic heterocycles. The van der Waals surface area contributed by atoms with Crippen LogP contribution >= 0.6 is 0 Å². The molecule has 1 unspecified atom stereocenters. The molecular weight excluding hydrogens is 985 g/mol. The third kappa shape index (κ3) is 65.4. The van der Waals surface area contributed by atoms with E-state index in [-0.39, 0.29) is 31.1 Å². The van der Waals surface area contributed by atoms with Gasteiger partial charge in [-0.15, -0.1) is 0 Å². The summed E-state index contributed by atoms with van der Waals surface area (Å²) in [5.41, 5.74) is 0. The highest BCUT2D eigenvalue weighted by Gasteiger charge is 2.19. The minimum atomic E-state index is -0.787. The van der Waals surface area contributed by atoms with E-state index in [1.807, 2.05) is 0 Å². The highest BCUT2D eigenvalue weighted by Crippen LogP contribution is 2.17. The molecule has 0 fully saturated rings. The molecule has 0 amide bonds. The minimum Gasteiger partial charge on any atom is -0.462 e. The van der Waals surface area contributed by atoms with Crippen LogP contribution in [0.15, 0.2) is 85.1 Å². The lowest BCUT2D eigenvalue weighted by molar-refractivity contribution is -0.167. The summed E-state index contributed by atoms with van der Waals surface area (Å²) < 4.78 is 17.0. The summed E-state index contributed by atoms with van der Waals surface area (Å²) in [5.74, 6) is -0.885. The van der Waals surface area contributed by atoms with Gasteiger partial charge < -0.3 is 14.2 Å². The summed E-state index contributed by atoms with van der Waals surface area (Å²) in [7, 11) is 0. The van der Waals surface area contributed by atoms with Crippen molar-refractivity contribution >= 4 is 17.9 Å². The van der Waals surface area contributed by atoms with Crippen LogP contribution in [0.5, 0.6) is 0 Å². The van der Waals surface area contributed by atoms with Crippen LogP contribution < -0.4 is 0 Å². The molecule has 462 valence electrons. The van der Waals surface area contributed by atoms with Crippen molar-refractivity contribution in [3.05, 3.63) is 85.1 Å². The van der Waals surface area contributed by atoms with Gasteiger partial charge in [0.2, 0.25) is 0 Å². The van der Waals surface area contributed by atoms with E-state index in [4.69, 9.17) is 14.2 Å². The minimum absolute atomic E-state index is 0.0816.